The third-order valence-corrected chi connectivity index (χ3v) is 5.28. The van der Waals surface area contributed by atoms with Crippen LogP contribution in [0.15, 0.2) is 67.0 Å². The summed E-state index contributed by atoms with van der Waals surface area (Å²) < 4.78 is 39.7. The Morgan fingerprint density at radius 3 is 2.48 bits per heavy atom. The number of nitrogen functional groups attached to an aromatic ring is 1. The molecule has 1 amide bonds. The predicted molar refractivity (Wildman–Crippen MR) is 112 cm³/mol. The lowest BCUT2D eigenvalue weighted by Gasteiger charge is -2.21. The highest BCUT2D eigenvalue weighted by molar-refractivity contribution is 6.14. The largest absolute Gasteiger partial charge is 0.416 e. The molecule has 0 aliphatic carbocycles. The van der Waals surface area contributed by atoms with Gasteiger partial charge in [0.05, 0.1) is 23.2 Å². The molecule has 0 atom stereocenters. The van der Waals surface area contributed by atoms with Crippen LogP contribution >= 0.6 is 0 Å². The van der Waals surface area contributed by atoms with Crippen LogP contribution in [-0.4, -0.2) is 15.9 Å². The molecule has 1 aliphatic rings. The van der Waals surface area contributed by atoms with Crippen LogP contribution in [0.1, 0.15) is 11.1 Å². The Morgan fingerprint density at radius 1 is 0.935 bits per heavy atom. The van der Waals surface area contributed by atoms with E-state index in [1.165, 1.54) is 17.0 Å². The zero-order valence-corrected chi connectivity index (χ0v) is 16.0. The van der Waals surface area contributed by atoms with Gasteiger partial charge >= 0.3 is 6.18 Å². The van der Waals surface area contributed by atoms with Crippen molar-refractivity contribution in [3.8, 4) is 11.1 Å². The van der Waals surface area contributed by atoms with E-state index in [4.69, 9.17) is 5.73 Å². The number of fused-ring (bicyclic) bond motifs is 3. The molecular formula is C23H15F3N4O. The van der Waals surface area contributed by atoms with E-state index < -0.39 is 11.7 Å². The molecule has 154 valence electrons. The molecule has 2 N–H and O–H groups in total. The van der Waals surface area contributed by atoms with Crippen molar-refractivity contribution in [2.24, 2.45) is 0 Å². The van der Waals surface area contributed by atoms with Gasteiger partial charge < -0.3 is 5.73 Å². The van der Waals surface area contributed by atoms with E-state index in [2.05, 4.69) is 9.97 Å². The minimum Gasteiger partial charge on any atom is -0.384 e. The number of benzene rings is 2. The maximum atomic E-state index is 13.2. The van der Waals surface area contributed by atoms with E-state index in [0.29, 0.717) is 28.0 Å². The predicted octanol–water partition coefficient (Wildman–Crippen LogP) is 5.12. The van der Waals surface area contributed by atoms with Crippen LogP contribution in [0.4, 0.5) is 30.4 Å². The van der Waals surface area contributed by atoms with Gasteiger partial charge in [0.1, 0.15) is 5.82 Å². The van der Waals surface area contributed by atoms with E-state index in [0.717, 1.165) is 23.3 Å². The fraction of sp³-hybridized carbons (Fsp3) is 0.0870. The van der Waals surface area contributed by atoms with Gasteiger partial charge in [0.15, 0.2) is 0 Å². The molecule has 0 saturated heterocycles. The van der Waals surface area contributed by atoms with Gasteiger partial charge in [0.2, 0.25) is 5.91 Å². The number of rotatable bonds is 2. The normalized spacial score (nSPS) is 13.6. The molecule has 5 nitrogen and oxygen atoms in total. The summed E-state index contributed by atoms with van der Waals surface area (Å²) in [5, 5.41) is 0.676. The summed E-state index contributed by atoms with van der Waals surface area (Å²) in [6, 6.07) is 13.9. The molecule has 0 bridgehead atoms. The van der Waals surface area contributed by atoms with Crippen LogP contribution in [0, 0.1) is 0 Å². The zero-order valence-electron chi connectivity index (χ0n) is 16.0. The highest BCUT2D eigenvalue weighted by Crippen LogP contribution is 2.42. The third-order valence-electron chi connectivity index (χ3n) is 5.28. The minimum absolute atomic E-state index is 0.0716. The lowest BCUT2D eigenvalue weighted by molar-refractivity contribution is -0.137. The Balaban J connectivity index is 1.70. The highest BCUT2D eigenvalue weighted by Gasteiger charge is 2.34. The van der Waals surface area contributed by atoms with Gasteiger partial charge in [-0.15, -0.1) is 0 Å². The number of hydrogen-bond acceptors (Lipinski definition) is 4. The van der Waals surface area contributed by atoms with Gasteiger partial charge in [-0.1, -0.05) is 12.1 Å². The summed E-state index contributed by atoms with van der Waals surface area (Å²) in [6.07, 6.45) is -1.18. The molecule has 3 heterocycles. The molecule has 8 heteroatoms. The lowest BCUT2D eigenvalue weighted by Crippen LogP contribution is -2.21. The number of halogens is 3. The first-order valence-electron chi connectivity index (χ1n) is 9.45. The van der Waals surface area contributed by atoms with Crippen LogP contribution in [-0.2, 0) is 17.4 Å². The summed E-state index contributed by atoms with van der Waals surface area (Å²) in [5.74, 6) is 0.0941. The van der Waals surface area contributed by atoms with Crippen LogP contribution in [0.5, 0.6) is 0 Å². The summed E-state index contributed by atoms with van der Waals surface area (Å²) >= 11 is 0. The minimum atomic E-state index is -4.50. The number of carbonyl (C=O) groups excluding carboxylic acids is 1. The van der Waals surface area contributed by atoms with Gasteiger partial charge in [0.25, 0.3) is 0 Å². The molecule has 4 aromatic rings. The molecule has 0 radical (unpaired) electrons. The summed E-state index contributed by atoms with van der Waals surface area (Å²) in [5.41, 5.74) is 8.54. The van der Waals surface area contributed by atoms with Crippen LogP contribution in [0.3, 0.4) is 0 Å². The smallest absolute Gasteiger partial charge is 0.384 e. The van der Waals surface area contributed by atoms with Gasteiger partial charge in [-0.2, -0.15) is 13.2 Å². The van der Waals surface area contributed by atoms with E-state index in [9.17, 15) is 18.0 Å². The molecule has 0 saturated carbocycles. The van der Waals surface area contributed by atoms with Gasteiger partial charge in [-0.05, 0) is 48.0 Å². The Kier molecular flexibility index (Phi) is 4.18. The van der Waals surface area contributed by atoms with Crippen molar-refractivity contribution in [1.29, 1.82) is 0 Å². The number of alkyl halides is 3. The van der Waals surface area contributed by atoms with Gasteiger partial charge in [0, 0.05) is 34.6 Å². The SMILES string of the molecule is Nc1ccc(-c2ccc3ncc4c(c3c2)N(c2cccc(C(F)(F)F)c2)C(=O)C4)cn1. The molecule has 0 spiro atoms. The average molecular weight is 420 g/mol. The molecule has 0 unspecified atom stereocenters. The third kappa shape index (κ3) is 3.26. The second kappa shape index (κ2) is 6.80. The first kappa shape index (κ1) is 19.0. The van der Waals surface area contributed by atoms with Crippen molar-refractivity contribution >= 4 is 34.0 Å². The Labute approximate surface area is 175 Å². The molecule has 2 aromatic carbocycles. The molecule has 31 heavy (non-hydrogen) atoms. The quantitative estimate of drug-likeness (QED) is 0.489. The Morgan fingerprint density at radius 2 is 1.74 bits per heavy atom. The Hall–Kier alpha value is -3.94. The number of nitrogens with zero attached hydrogens (tertiary/aromatic N) is 3. The maximum Gasteiger partial charge on any atom is 0.416 e. The number of nitrogens with two attached hydrogens (primary N) is 1. The van der Waals surface area contributed by atoms with Gasteiger partial charge in [-0.3, -0.25) is 14.7 Å². The van der Waals surface area contributed by atoms with Crippen molar-refractivity contribution in [3.05, 3.63) is 78.1 Å². The van der Waals surface area contributed by atoms with Crippen molar-refractivity contribution in [3.63, 3.8) is 0 Å². The molecule has 2 aromatic heterocycles. The Bertz CT molecular complexity index is 1330. The fourth-order valence-electron chi connectivity index (χ4n) is 3.83. The van der Waals surface area contributed by atoms with Crippen LogP contribution in [0.25, 0.3) is 22.0 Å². The number of aromatic nitrogens is 2. The van der Waals surface area contributed by atoms with Crippen molar-refractivity contribution < 1.29 is 18.0 Å². The molecular weight excluding hydrogens is 405 g/mol. The number of hydrogen-bond donors (Lipinski definition) is 1. The molecule has 0 fully saturated rings. The van der Waals surface area contributed by atoms with Crippen LogP contribution < -0.4 is 10.6 Å². The van der Waals surface area contributed by atoms with E-state index >= 15 is 0 Å². The van der Waals surface area contributed by atoms with E-state index in [1.807, 2.05) is 24.3 Å². The number of pyridine rings is 2. The monoisotopic (exact) mass is 420 g/mol. The summed E-state index contributed by atoms with van der Waals surface area (Å²) in [7, 11) is 0. The first-order valence-corrected chi connectivity index (χ1v) is 9.45. The zero-order chi connectivity index (χ0) is 21.8. The van der Waals surface area contributed by atoms with Gasteiger partial charge in [-0.25, -0.2) is 4.98 Å². The maximum absolute atomic E-state index is 13.2. The van der Waals surface area contributed by atoms with Crippen molar-refractivity contribution in [2.75, 3.05) is 10.6 Å². The number of amides is 1. The van der Waals surface area contributed by atoms with Crippen molar-refractivity contribution in [1.82, 2.24) is 9.97 Å². The fourth-order valence-corrected chi connectivity index (χ4v) is 3.83. The number of anilines is 3. The lowest BCUT2D eigenvalue weighted by atomic mass is 10.0. The summed E-state index contributed by atoms with van der Waals surface area (Å²) in [6.45, 7) is 0. The molecule has 5 rings (SSSR count). The second-order valence-corrected chi connectivity index (χ2v) is 7.29. The summed E-state index contributed by atoms with van der Waals surface area (Å²) in [4.78, 5) is 22.7. The standard InChI is InChI=1S/C23H15F3N4O/c24-23(25,26)16-2-1-3-17(10-16)30-21(31)9-15-12-28-19-6-4-13(8-18(19)22(15)30)14-5-7-20(27)29-11-14/h1-8,10-12H,9H2,(H2,27,29). The second-order valence-electron chi connectivity index (χ2n) is 7.29. The van der Waals surface area contributed by atoms with E-state index in [1.54, 1.807) is 18.5 Å². The van der Waals surface area contributed by atoms with Crippen molar-refractivity contribution in [2.45, 2.75) is 12.6 Å². The van der Waals surface area contributed by atoms with E-state index in [-0.39, 0.29) is 18.0 Å². The first-order chi connectivity index (χ1) is 14.8. The number of carbonyl (C=O) groups is 1. The topological polar surface area (TPSA) is 72.1 Å². The highest BCUT2D eigenvalue weighted by atomic mass is 19.4. The van der Waals surface area contributed by atoms with Crippen LogP contribution in [0.2, 0.25) is 0 Å². The average Bonchev–Trinajstić information content (AvgIpc) is 3.10. The molecule has 1 aliphatic heterocycles.